The molecule has 144 valence electrons. The Hall–Kier alpha value is -2.64. The highest BCUT2D eigenvalue weighted by Gasteiger charge is 2.32. The Balaban J connectivity index is 1.54. The predicted molar refractivity (Wildman–Crippen MR) is 116 cm³/mol. The SMILES string of the molecule is COc1ccc(/C=C2\SC(=S)N(CCC(=O)NCc3ccccc3)C2=O)cc1. The van der Waals surface area contributed by atoms with E-state index in [9.17, 15) is 9.59 Å². The Morgan fingerprint density at radius 1 is 1.18 bits per heavy atom. The first-order valence-electron chi connectivity index (χ1n) is 8.77. The number of rotatable bonds is 7. The number of methoxy groups -OCH3 is 1. The average molecular weight is 413 g/mol. The molecule has 1 aliphatic rings. The molecule has 2 aromatic carbocycles. The summed E-state index contributed by atoms with van der Waals surface area (Å²) >= 11 is 6.57. The Kier molecular flexibility index (Phi) is 6.84. The summed E-state index contributed by atoms with van der Waals surface area (Å²) in [4.78, 5) is 26.8. The van der Waals surface area contributed by atoms with Crippen molar-refractivity contribution in [1.29, 1.82) is 0 Å². The molecule has 0 unspecified atom stereocenters. The Bertz CT molecular complexity index is 896. The summed E-state index contributed by atoms with van der Waals surface area (Å²) in [7, 11) is 1.61. The minimum atomic E-state index is -0.165. The van der Waals surface area contributed by atoms with E-state index in [1.807, 2.05) is 54.6 Å². The van der Waals surface area contributed by atoms with Crippen molar-refractivity contribution in [1.82, 2.24) is 10.2 Å². The van der Waals surface area contributed by atoms with Crippen molar-refractivity contribution in [3.63, 3.8) is 0 Å². The molecule has 1 aliphatic heterocycles. The van der Waals surface area contributed by atoms with Crippen LogP contribution >= 0.6 is 24.0 Å². The van der Waals surface area contributed by atoms with E-state index in [0.717, 1.165) is 16.9 Å². The molecule has 5 nitrogen and oxygen atoms in total. The van der Waals surface area contributed by atoms with Crippen molar-refractivity contribution in [2.24, 2.45) is 0 Å². The van der Waals surface area contributed by atoms with Crippen LogP contribution in [0.2, 0.25) is 0 Å². The first-order valence-corrected chi connectivity index (χ1v) is 9.99. The summed E-state index contributed by atoms with van der Waals surface area (Å²) in [5, 5.41) is 2.86. The van der Waals surface area contributed by atoms with Crippen LogP contribution < -0.4 is 10.1 Å². The fourth-order valence-corrected chi connectivity index (χ4v) is 3.95. The number of thiocarbonyl (C=S) groups is 1. The predicted octanol–water partition coefficient (Wildman–Crippen LogP) is 3.60. The van der Waals surface area contributed by atoms with Gasteiger partial charge in [0.1, 0.15) is 10.1 Å². The normalized spacial score (nSPS) is 15.2. The quantitative estimate of drug-likeness (QED) is 0.556. The summed E-state index contributed by atoms with van der Waals surface area (Å²) in [6, 6.07) is 17.1. The fraction of sp³-hybridized carbons (Fsp3) is 0.190. The molecule has 28 heavy (non-hydrogen) atoms. The van der Waals surface area contributed by atoms with E-state index in [1.165, 1.54) is 16.7 Å². The maximum Gasteiger partial charge on any atom is 0.266 e. The molecule has 7 heteroatoms. The highest BCUT2D eigenvalue weighted by atomic mass is 32.2. The van der Waals surface area contributed by atoms with E-state index < -0.39 is 0 Å². The minimum Gasteiger partial charge on any atom is -0.497 e. The molecule has 0 aromatic heterocycles. The number of nitrogens with zero attached hydrogens (tertiary/aromatic N) is 1. The smallest absolute Gasteiger partial charge is 0.266 e. The van der Waals surface area contributed by atoms with Gasteiger partial charge in [0.2, 0.25) is 5.91 Å². The lowest BCUT2D eigenvalue weighted by Crippen LogP contribution is -2.33. The van der Waals surface area contributed by atoms with E-state index in [2.05, 4.69) is 5.32 Å². The van der Waals surface area contributed by atoms with Crippen molar-refractivity contribution < 1.29 is 14.3 Å². The molecule has 0 atom stereocenters. The molecule has 0 aliphatic carbocycles. The van der Waals surface area contributed by atoms with Crippen molar-refractivity contribution in [3.05, 3.63) is 70.6 Å². The number of carbonyl (C=O) groups is 2. The average Bonchev–Trinajstić information content (AvgIpc) is 2.99. The van der Waals surface area contributed by atoms with Gasteiger partial charge in [-0.1, -0.05) is 66.4 Å². The van der Waals surface area contributed by atoms with Gasteiger partial charge in [-0.05, 0) is 29.3 Å². The number of hydrogen-bond acceptors (Lipinski definition) is 5. The zero-order valence-corrected chi connectivity index (χ0v) is 17.0. The molecule has 1 fully saturated rings. The van der Waals surface area contributed by atoms with Gasteiger partial charge in [0.05, 0.1) is 12.0 Å². The van der Waals surface area contributed by atoms with Crippen LogP contribution in [0.1, 0.15) is 17.5 Å². The number of hydrogen-bond donors (Lipinski definition) is 1. The van der Waals surface area contributed by atoms with Gasteiger partial charge in [-0.15, -0.1) is 0 Å². The van der Waals surface area contributed by atoms with Crippen LogP contribution in [0.25, 0.3) is 6.08 Å². The van der Waals surface area contributed by atoms with E-state index >= 15 is 0 Å². The number of amides is 2. The van der Waals surface area contributed by atoms with Gasteiger partial charge in [-0.25, -0.2) is 0 Å². The van der Waals surface area contributed by atoms with Crippen LogP contribution in [0.4, 0.5) is 0 Å². The molecule has 2 aromatic rings. The number of nitrogens with one attached hydrogen (secondary N) is 1. The Labute approximate surface area is 173 Å². The summed E-state index contributed by atoms with van der Waals surface area (Å²) in [5.74, 6) is 0.477. The minimum absolute atomic E-state index is 0.114. The number of ether oxygens (including phenoxy) is 1. The summed E-state index contributed by atoms with van der Waals surface area (Å²) < 4.78 is 5.61. The zero-order chi connectivity index (χ0) is 19.9. The van der Waals surface area contributed by atoms with E-state index in [0.29, 0.717) is 15.8 Å². The monoisotopic (exact) mass is 412 g/mol. The highest BCUT2D eigenvalue weighted by Crippen LogP contribution is 2.32. The number of carbonyl (C=O) groups excluding carboxylic acids is 2. The Morgan fingerprint density at radius 2 is 1.89 bits per heavy atom. The summed E-state index contributed by atoms with van der Waals surface area (Å²) in [5.41, 5.74) is 1.92. The molecule has 3 rings (SSSR count). The molecule has 0 radical (unpaired) electrons. The molecule has 0 spiro atoms. The largest absolute Gasteiger partial charge is 0.497 e. The van der Waals surface area contributed by atoms with Gasteiger partial charge in [0, 0.05) is 19.5 Å². The third-order valence-corrected chi connectivity index (χ3v) is 5.56. The number of thioether (sulfide) groups is 1. The second kappa shape index (κ2) is 9.52. The van der Waals surface area contributed by atoms with Crippen LogP contribution in [-0.2, 0) is 16.1 Å². The second-order valence-corrected chi connectivity index (χ2v) is 7.79. The molecule has 0 saturated carbocycles. The lowest BCUT2D eigenvalue weighted by molar-refractivity contribution is -0.123. The van der Waals surface area contributed by atoms with Crippen LogP contribution in [0.15, 0.2) is 59.5 Å². The lowest BCUT2D eigenvalue weighted by atomic mass is 10.2. The van der Waals surface area contributed by atoms with Gasteiger partial charge in [0.15, 0.2) is 0 Å². The molecule has 0 bridgehead atoms. The van der Waals surface area contributed by atoms with E-state index in [4.69, 9.17) is 17.0 Å². The van der Waals surface area contributed by atoms with Crippen LogP contribution in [0, 0.1) is 0 Å². The standard InChI is InChI=1S/C21H20N2O3S2/c1-26-17-9-7-15(8-10-17)13-18-20(25)23(21(27)28-18)12-11-19(24)22-14-16-5-3-2-4-6-16/h2-10,13H,11-12,14H2,1H3,(H,22,24)/b18-13-. The van der Waals surface area contributed by atoms with Crippen molar-refractivity contribution in [2.75, 3.05) is 13.7 Å². The van der Waals surface area contributed by atoms with E-state index in [1.54, 1.807) is 13.2 Å². The molecular formula is C21H20N2O3S2. The zero-order valence-electron chi connectivity index (χ0n) is 15.4. The Morgan fingerprint density at radius 3 is 2.57 bits per heavy atom. The molecule has 1 N–H and O–H groups in total. The number of benzene rings is 2. The van der Waals surface area contributed by atoms with Gasteiger partial charge < -0.3 is 10.1 Å². The van der Waals surface area contributed by atoms with E-state index in [-0.39, 0.29) is 24.8 Å². The maximum absolute atomic E-state index is 12.6. The first-order chi connectivity index (χ1) is 13.6. The van der Waals surface area contributed by atoms with Crippen LogP contribution in [-0.4, -0.2) is 34.7 Å². The van der Waals surface area contributed by atoms with Crippen molar-refractivity contribution in [2.45, 2.75) is 13.0 Å². The fourth-order valence-electron chi connectivity index (χ4n) is 2.64. The molecular weight excluding hydrogens is 392 g/mol. The molecule has 1 heterocycles. The van der Waals surface area contributed by atoms with Gasteiger partial charge in [-0.2, -0.15) is 0 Å². The lowest BCUT2D eigenvalue weighted by Gasteiger charge is -2.14. The van der Waals surface area contributed by atoms with Crippen LogP contribution in [0.3, 0.4) is 0 Å². The van der Waals surface area contributed by atoms with Crippen LogP contribution in [0.5, 0.6) is 5.75 Å². The second-order valence-electron chi connectivity index (χ2n) is 6.12. The van der Waals surface area contributed by atoms with Gasteiger partial charge in [-0.3, -0.25) is 14.5 Å². The van der Waals surface area contributed by atoms with Gasteiger partial charge in [0.25, 0.3) is 5.91 Å². The molecule has 2 amide bonds. The van der Waals surface area contributed by atoms with Crippen molar-refractivity contribution >= 4 is 46.2 Å². The summed E-state index contributed by atoms with van der Waals surface area (Å²) in [6.45, 7) is 0.737. The third kappa shape index (κ3) is 5.21. The maximum atomic E-state index is 12.6. The first kappa shape index (κ1) is 20.1. The summed E-state index contributed by atoms with van der Waals surface area (Å²) in [6.07, 6.45) is 2.00. The third-order valence-electron chi connectivity index (χ3n) is 4.18. The topological polar surface area (TPSA) is 58.6 Å². The van der Waals surface area contributed by atoms with Gasteiger partial charge >= 0.3 is 0 Å². The van der Waals surface area contributed by atoms with Crippen molar-refractivity contribution in [3.8, 4) is 5.75 Å². The highest BCUT2D eigenvalue weighted by molar-refractivity contribution is 8.26. The molecule has 1 saturated heterocycles.